The average molecular weight is 397 g/mol. The van der Waals surface area contributed by atoms with Crippen LogP contribution in [0.15, 0.2) is 72.8 Å². The minimum Gasteiger partial charge on any atom is -0.457 e. The molecule has 3 aromatic rings. The van der Waals surface area contributed by atoms with Crippen LogP contribution in [0.3, 0.4) is 0 Å². The van der Waals surface area contributed by atoms with Crippen LogP contribution in [-0.4, -0.2) is 0 Å². The highest BCUT2D eigenvalue weighted by molar-refractivity contribution is 6.30. The summed E-state index contributed by atoms with van der Waals surface area (Å²) in [5.41, 5.74) is 2.70. The molecule has 1 atom stereocenters. The van der Waals surface area contributed by atoms with Gasteiger partial charge in [-0.15, -0.1) is 0 Å². The van der Waals surface area contributed by atoms with Gasteiger partial charge >= 0.3 is 0 Å². The first-order valence-corrected chi connectivity index (χ1v) is 10.1. The summed E-state index contributed by atoms with van der Waals surface area (Å²) in [6, 6.07) is 22.5. The molecule has 0 aliphatic carbocycles. The molecule has 0 radical (unpaired) electrons. The second-order valence-electron chi connectivity index (χ2n) is 7.48. The van der Waals surface area contributed by atoms with Crippen molar-refractivity contribution >= 4 is 11.6 Å². The van der Waals surface area contributed by atoms with Gasteiger partial charge < -0.3 is 4.74 Å². The summed E-state index contributed by atoms with van der Waals surface area (Å²) in [5, 5.41) is 0.775. The van der Waals surface area contributed by atoms with Crippen LogP contribution in [0.2, 0.25) is 5.02 Å². The van der Waals surface area contributed by atoms with E-state index in [9.17, 15) is 4.39 Å². The van der Waals surface area contributed by atoms with Gasteiger partial charge in [0.2, 0.25) is 0 Å². The van der Waals surface area contributed by atoms with E-state index in [1.807, 2.05) is 30.3 Å². The number of benzene rings is 3. The smallest absolute Gasteiger partial charge is 0.130 e. The molecule has 3 heteroatoms. The Morgan fingerprint density at radius 2 is 1.61 bits per heavy atom. The van der Waals surface area contributed by atoms with Gasteiger partial charge in [-0.25, -0.2) is 4.39 Å². The number of ether oxygens (including phenoxy) is 1. The summed E-state index contributed by atoms with van der Waals surface area (Å²) >= 11 is 6.04. The van der Waals surface area contributed by atoms with Gasteiger partial charge in [0.1, 0.15) is 17.3 Å². The molecule has 3 aromatic carbocycles. The Kier molecular flexibility index (Phi) is 6.74. The molecule has 1 nitrogen and oxygen atoms in total. The van der Waals surface area contributed by atoms with Crippen molar-refractivity contribution in [3.63, 3.8) is 0 Å². The van der Waals surface area contributed by atoms with Crippen LogP contribution in [0.25, 0.3) is 0 Å². The first-order valence-electron chi connectivity index (χ1n) is 9.77. The normalized spacial score (nSPS) is 13.1. The fraction of sp³-hybridized carbons (Fsp3) is 0.280. The summed E-state index contributed by atoms with van der Waals surface area (Å²) in [5.74, 6) is 0.951. The molecule has 0 aliphatic rings. The number of aryl methyl sites for hydroxylation is 1. The van der Waals surface area contributed by atoms with E-state index in [-0.39, 0.29) is 11.2 Å². The van der Waals surface area contributed by atoms with Crippen molar-refractivity contribution < 1.29 is 9.13 Å². The molecular formula is C25H26ClFO. The number of hydrogen-bond acceptors (Lipinski definition) is 1. The molecule has 0 amide bonds. The monoisotopic (exact) mass is 396 g/mol. The summed E-state index contributed by atoms with van der Waals surface area (Å²) < 4.78 is 19.1. The van der Waals surface area contributed by atoms with Gasteiger partial charge in [0.05, 0.1) is 0 Å². The van der Waals surface area contributed by atoms with Crippen LogP contribution >= 0.6 is 11.6 Å². The second kappa shape index (κ2) is 9.25. The van der Waals surface area contributed by atoms with Crippen molar-refractivity contribution in [2.24, 2.45) is 0 Å². The lowest BCUT2D eigenvalue weighted by atomic mass is 9.76. The molecule has 0 fully saturated rings. The minimum atomic E-state index is -0.297. The summed E-state index contributed by atoms with van der Waals surface area (Å²) in [4.78, 5) is 0. The van der Waals surface area contributed by atoms with Crippen LogP contribution in [0.1, 0.15) is 44.2 Å². The van der Waals surface area contributed by atoms with Crippen LogP contribution in [0.5, 0.6) is 11.5 Å². The SMILES string of the molecule is CCC(C)(CCCc1cccc(Oc2cccc(F)c2)c1)c1ccc(Cl)cc1. The minimum absolute atomic E-state index is 0.139. The molecule has 0 aliphatic heterocycles. The predicted molar refractivity (Wildman–Crippen MR) is 115 cm³/mol. The summed E-state index contributed by atoms with van der Waals surface area (Å²) in [7, 11) is 0. The molecule has 0 spiro atoms. The lowest BCUT2D eigenvalue weighted by Crippen LogP contribution is -2.21. The molecule has 146 valence electrons. The summed E-state index contributed by atoms with van der Waals surface area (Å²) in [6.07, 6.45) is 4.23. The lowest BCUT2D eigenvalue weighted by molar-refractivity contribution is 0.405. The highest BCUT2D eigenvalue weighted by Crippen LogP contribution is 2.34. The number of hydrogen-bond donors (Lipinski definition) is 0. The molecule has 0 aromatic heterocycles. The van der Waals surface area contributed by atoms with Crippen LogP contribution in [0, 0.1) is 5.82 Å². The van der Waals surface area contributed by atoms with Crippen molar-refractivity contribution in [2.45, 2.75) is 44.9 Å². The molecule has 0 N–H and O–H groups in total. The molecule has 0 heterocycles. The highest BCUT2D eigenvalue weighted by atomic mass is 35.5. The Balaban J connectivity index is 1.62. The maximum atomic E-state index is 13.3. The third kappa shape index (κ3) is 5.36. The topological polar surface area (TPSA) is 9.23 Å². The zero-order valence-electron chi connectivity index (χ0n) is 16.4. The molecular weight excluding hydrogens is 371 g/mol. The van der Waals surface area contributed by atoms with Crippen molar-refractivity contribution in [3.05, 3.63) is 94.8 Å². The van der Waals surface area contributed by atoms with E-state index in [0.29, 0.717) is 5.75 Å². The Labute approximate surface area is 172 Å². The average Bonchev–Trinajstić information content (AvgIpc) is 2.69. The molecule has 1 unspecified atom stereocenters. The van der Waals surface area contributed by atoms with Crippen LogP contribution in [-0.2, 0) is 11.8 Å². The van der Waals surface area contributed by atoms with E-state index < -0.39 is 0 Å². The fourth-order valence-corrected chi connectivity index (χ4v) is 3.62. The van der Waals surface area contributed by atoms with E-state index in [1.54, 1.807) is 12.1 Å². The summed E-state index contributed by atoms with van der Waals surface area (Å²) in [6.45, 7) is 4.56. The van der Waals surface area contributed by atoms with Crippen LogP contribution in [0.4, 0.5) is 4.39 Å². The van der Waals surface area contributed by atoms with E-state index >= 15 is 0 Å². The van der Waals surface area contributed by atoms with E-state index in [1.165, 1.54) is 23.3 Å². The van der Waals surface area contributed by atoms with Crippen molar-refractivity contribution in [1.29, 1.82) is 0 Å². The van der Waals surface area contributed by atoms with Crippen molar-refractivity contribution in [1.82, 2.24) is 0 Å². The molecule has 28 heavy (non-hydrogen) atoms. The van der Waals surface area contributed by atoms with Gasteiger partial charge in [0, 0.05) is 11.1 Å². The fourth-order valence-electron chi connectivity index (χ4n) is 3.49. The number of rotatable bonds is 8. The Morgan fingerprint density at radius 1 is 0.929 bits per heavy atom. The Morgan fingerprint density at radius 3 is 2.29 bits per heavy atom. The van der Waals surface area contributed by atoms with Gasteiger partial charge in [-0.1, -0.05) is 55.8 Å². The van der Waals surface area contributed by atoms with Gasteiger partial charge in [0.25, 0.3) is 0 Å². The van der Waals surface area contributed by atoms with Gasteiger partial charge in [-0.05, 0) is 78.6 Å². The highest BCUT2D eigenvalue weighted by Gasteiger charge is 2.23. The second-order valence-corrected chi connectivity index (χ2v) is 7.92. The zero-order valence-corrected chi connectivity index (χ0v) is 17.2. The molecule has 0 saturated heterocycles. The standard InChI is InChI=1S/C25H26ClFO/c1-3-25(2,20-12-14-21(26)15-13-20)16-6-8-19-7-4-10-23(17-19)28-24-11-5-9-22(27)18-24/h4-5,7,9-15,17-18H,3,6,8,16H2,1-2H3. The lowest BCUT2D eigenvalue weighted by Gasteiger charge is -2.29. The van der Waals surface area contributed by atoms with Crippen molar-refractivity contribution in [3.8, 4) is 11.5 Å². The maximum Gasteiger partial charge on any atom is 0.130 e. The third-order valence-corrected chi connectivity index (χ3v) is 5.70. The van der Waals surface area contributed by atoms with Crippen molar-refractivity contribution in [2.75, 3.05) is 0 Å². The maximum absolute atomic E-state index is 13.3. The van der Waals surface area contributed by atoms with E-state index in [4.69, 9.17) is 16.3 Å². The molecule has 0 saturated carbocycles. The third-order valence-electron chi connectivity index (χ3n) is 5.45. The first-order chi connectivity index (χ1) is 13.5. The first kappa shape index (κ1) is 20.4. The predicted octanol–water partition coefficient (Wildman–Crippen LogP) is 7.96. The molecule has 0 bridgehead atoms. The zero-order chi connectivity index (χ0) is 20.0. The molecule has 3 rings (SSSR count). The Hall–Kier alpha value is -2.32. The van der Waals surface area contributed by atoms with Gasteiger partial charge in [-0.3, -0.25) is 0 Å². The number of halogens is 2. The van der Waals surface area contributed by atoms with Gasteiger partial charge in [-0.2, -0.15) is 0 Å². The van der Waals surface area contributed by atoms with E-state index in [0.717, 1.165) is 36.5 Å². The largest absolute Gasteiger partial charge is 0.457 e. The van der Waals surface area contributed by atoms with E-state index in [2.05, 4.69) is 32.0 Å². The quantitative estimate of drug-likeness (QED) is 0.375. The van der Waals surface area contributed by atoms with Gasteiger partial charge in [0.15, 0.2) is 0 Å². The van der Waals surface area contributed by atoms with Crippen LogP contribution < -0.4 is 4.74 Å². The Bertz CT molecular complexity index is 906.